The van der Waals surface area contributed by atoms with Gasteiger partial charge in [0.05, 0.1) is 6.54 Å². The Hall–Kier alpha value is -2.12. The fraction of sp³-hybridized carbons (Fsp3) is 0.636. The van der Waals surface area contributed by atoms with Crippen molar-refractivity contribution in [1.82, 2.24) is 25.4 Å². The summed E-state index contributed by atoms with van der Waals surface area (Å²) in [4.78, 5) is 26.4. The SMILES string of the molecule is CCCC[C@H](NC(=O)NCc1ncn(C)n1)C(=O)O. The smallest absolute Gasteiger partial charge is 0.326 e. The molecule has 2 amide bonds. The summed E-state index contributed by atoms with van der Waals surface area (Å²) in [5.74, 6) is -0.558. The second-order valence-electron chi connectivity index (χ2n) is 4.19. The van der Waals surface area contributed by atoms with Crippen LogP contribution in [0.2, 0.25) is 0 Å². The number of carbonyl (C=O) groups excluding carboxylic acids is 1. The van der Waals surface area contributed by atoms with Gasteiger partial charge in [0.1, 0.15) is 12.4 Å². The summed E-state index contributed by atoms with van der Waals surface area (Å²) in [7, 11) is 1.72. The summed E-state index contributed by atoms with van der Waals surface area (Å²) in [5.41, 5.74) is 0. The number of nitrogens with one attached hydrogen (secondary N) is 2. The number of carboxylic acids is 1. The molecule has 0 saturated carbocycles. The van der Waals surface area contributed by atoms with Gasteiger partial charge in [0.25, 0.3) is 0 Å². The lowest BCUT2D eigenvalue weighted by Crippen LogP contribution is -2.45. The molecular formula is C11H19N5O3. The predicted molar refractivity (Wildman–Crippen MR) is 67.3 cm³/mol. The topological polar surface area (TPSA) is 109 Å². The van der Waals surface area contributed by atoms with E-state index < -0.39 is 18.0 Å². The lowest BCUT2D eigenvalue weighted by atomic mass is 10.1. The molecule has 0 aromatic carbocycles. The van der Waals surface area contributed by atoms with E-state index in [0.29, 0.717) is 12.2 Å². The Morgan fingerprint density at radius 1 is 1.53 bits per heavy atom. The number of hydrogen-bond acceptors (Lipinski definition) is 4. The molecule has 1 atom stereocenters. The molecule has 0 aliphatic rings. The molecule has 0 spiro atoms. The van der Waals surface area contributed by atoms with E-state index in [0.717, 1.165) is 12.8 Å². The van der Waals surface area contributed by atoms with E-state index in [-0.39, 0.29) is 6.54 Å². The number of unbranched alkanes of at least 4 members (excludes halogenated alkanes) is 1. The molecule has 0 aliphatic carbocycles. The molecule has 0 bridgehead atoms. The van der Waals surface area contributed by atoms with Gasteiger partial charge in [0.2, 0.25) is 0 Å². The van der Waals surface area contributed by atoms with Gasteiger partial charge in [0.15, 0.2) is 5.82 Å². The fourth-order valence-corrected chi connectivity index (χ4v) is 1.50. The van der Waals surface area contributed by atoms with Gasteiger partial charge < -0.3 is 15.7 Å². The predicted octanol–water partition coefficient (Wildman–Crippen LogP) is 0.258. The first-order valence-electron chi connectivity index (χ1n) is 6.14. The maximum atomic E-state index is 11.6. The van der Waals surface area contributed by atoms with Crippen molar-refractivity contribution in [3.63, 3.8) is 0 Å². The van der Waals surface area contributed by atoms with Crippen molar-refractivity contribution in [2.75, 3.05) is 0 Å². The lowest BCUT2D eigenvalue weighted by Gasteiger charge is -2.14. The van der Waals surface area contributed by atoms with Gasteiger partial charge in [-0.1, -0.05) is 19.8 Å². The van der Waals surface area contributed by atoms with Crippen LogP contribution in [0.5, 0.6) is 0 Å². The van der Waals surface area contributed by atoms with Gasteiger partial charge in [0, 0.05) is 7.05 Å². The number of aryl methyl sites for hydroxylation is 1. The Bertz CT molecular complexity index is 432. The zero-order chi connectivity index (χ0) is 14.3. The Kier molecular flexibility index (Phi) is 5.77. The standard InChI is InChI=1S/C11H19N5O3/c1-3-4-5-8(10(17)18)14-11(19)12-6-9-13-7-16(2)15-9/h7-8H,3-6H2,1-2H3,(H,17,18)(H2,12,14,19)/t8-/m0/s1. The highest BCUT2D eigenvalue weighted by Crippen LogP contribution is 2.00. The minimum absolute atomic E-state index is 0.160. The molecule has 8 heteroatoms. The van der Waals surface area contributed by atoms with Crippen molar-refractivity contribution in [2.45, 2.75) is 38.8 Å². The quantitative estimate of drug-likeness (QED) is 0.657. The third-order valence-electron chi connectivity index (χ3n) is 2.50. The van der Waals surface area contributed by atoms with Crippen molar-refractivity contribution in [2.24, 2.45) is 7.05 Å². The average Bonchev–Trinajstić information content (AvgIpc) is 2.77. The number of aliphatic carboxylic acids is 1. The van der Waals surface area contributed by atoms with Crippen molar-refractivity contribution in [3.8, 4) is 0 Å². The largest absolute Gasteiger partial charge is 0.480 e. The summed E-state index contributed by atoms with van der Waals surface area (Å²) in [6.07, 6.45) is 3.57. The van der Waals surface area contributed by atoms with Crippen LogP contribution in [-0.2, 0) is 18.4 Å². The Balaban J connectivity index is 2.37. The van der Waals surface area contributed by atoms with Crippen LogP contribution in [0.3, 0.4) is 0 Å². The number of nitrogens with zero attached hydrogens (tertiary/aromatic N) is 3. The zero-order valence-electron chi connectivity index (χ0n) is 11.1. The van der Waals surface area contributed by atoms with Crippen molar-refractivity contribution >= 4 is 12.0 Å². The van der Waals surface area contributed by atoms with Crippen LogP contribution in [0, 0.1) is 0 Å². The number of carbonyl (C=O) groups is 2. The van der Waals surface area contributed by atoms with Crippen LogP contribution < -0.4 is 10.6 Å². The minimum atomic E-state index is -1.03. The molecule has 106 valence electrons. The molecule has 3 N–H and O–H groups in total. The molecule has 1 aromatic rings. The minimum Gasteiger partial charge on any atom is -0.480 e. The molecule has 1 aromatic heterocycles. The maximum absolute atomic E-state index is 11.6. The maximum Gasteiger partial charge on any atom is 0.326 e. The molecule has 0 aliphatic heterocycles. The van der Waals surface area contributed by atoms with E-state index in [1.165, 1.54) is 11.0 Å². The van der Waals surface area contributed by atoms with E-state index in [4.69, 9.17) is 5.11 Å². The highest BCUT2D eigenvalue weighted by atomic mass is 16.4. The van der Waals surface area contributed by atoms with Crippen LogP contribution in [-0.4, -0.2) is 37.9 Å². The summed E-state index contributed by atoms with van der Waals surface area (Å²) in [6, 6.07) is -1.40. The van der Waals surface area contributed by atoms with Crippen LogP contribution >= 0.6 is 0 Å². The Morgan fingerprint density at radius 2 is 2.26 bits per heavy atom. The average molecular weight is 269 g/mol. The monoisotopic (exact) mass is 269 g/mol. The van der Waals surface area contributed by atoms with E-state index in [2.05, 4.69) is 20.7 Å². The number of amides is 2. The van der Waals surface area contributed by atoms with Crippen molar-refractivity contribution in [3.05, 3.63) is 12.2 Å². The Labute approximate surface area is 111 Å². The highest BCUT2D eigenvalue weighted by Gasteiger charge is 2.18. The van der Waals surface area contributed by atoms with E-state index >= 15 is 0 Å². The molecule has 1 rings (SSSR count). The third kappa shape index (κ3) is 5.36. The first-order chi connectivity index (χ1) is 9.02. The Morgan fingerprint density at radius 3 is 2.79 bits per heavy atom. The summed E-state index contributed by atoms with van der Waals surface area (Å²) in [6.45, 7) is 2.12. The van der Waals surface area contributed by atoms with E-state index in [1.54, 1.807) is 7.05 Å². The number of rotatable bonds is 7. The molecule has 19 heavy (non-hydrogen) atoms. The zero-order valence-corrected chi connectivity index (χ0v) is 11.1. The third-order valence-corrected chi connectivity index (χ3v) is 2.50. The van der Waals surface area contributed by atoms with Crippen molar-refractivity contribution < 1.29 is 14.7 Å². The van der Waals surface area contributed by atoms with E-state index in [9.17, 15) is 9.59 Å². The molecule has 0 radical (unpaired) electrons. The van der Waals surface area contributed by atoms with Gasteiger partial charge in [-0.3, -0.25) is 4.68 Å². The summed E-state index contributed by atoms with van der Waals surface area (Å²) < 4.78 is 1.52. The summed E-state index contributed by atoms with van der Waals surface area (Å²) in [5, 5.41) is 17.9. The second kappa shape index (κ2) is 7.34. The van der Waals surface area contributed by atoms with Gasteiger partial charge in [-0.2, -0.15) is 5.10 Å². The fourth-order valence-electron chi connectivity index (χ4n) is 1.50. The van der Waals surface area contributed by atoms with Crippen LogP contribution in [0.1, 0.15) is 32.0 Å². The van der Waals surface area contributed by atoms with Crippen LogP contribution in [0.4, 0.5) is 4.79 Å². The van der Waals surface area contributed by atoms with Crippen molar-refractivity contribution in [1.29, 1.82) is 0 Å². The molecule has 0 unspecified atom stereocenters. The first-order valence-corrected chi connectivity index (χ1v) is 6.14. The lowest BCUT2D eigenvalue weighted by molar-refractivity contribution is -0.139. The van der Waals surface area contributed by atoms with Gasteiger partial charge >= 0.3 is 12.0 Å². The highest BCUT2D eigenvalue weighted by molar-refractivity contribution is 5.82. The van der Waals surface area contributed by atoms with Crippen LogP contribution in [0.25, 0.3) is 0 Å². The molecule has 1 heterocycles. The van der Waals surface area contributed by atoms with Gasteiger partial charge in [-0.05, 0) is 6.42 Å². The molecule has 0 fully saturated rings. The number of carboxylic acid groups (broad SMARTS) is 1. The number of hydrogen-bond donors (Lipinski definition) is 3. The number of urea groups is 1. The molecule has 8 nitrogen and oxygen atoms in total. The first kappa shape index (κ1) is 14.9. The van der Waals surface area contributed by atoms with E-state index in [1.807, 2.05) is 6.92 Å². The molecule has 0 saturated heterocycles. The second-order valence-corrected chi connectivity index (χ2v) is 4.19. The van der Waals surface area contributed by atoms with Gasteiger partial charge in [-0.25, -0.2) is 14.6 Å². The number of aromatic nitrogens is 3. The van der Waals surface area contributed by atoms with Crippen LogP contribution in [0.15, 0.2) is 6.33 Å². The molecular weight excluding hydrogens is 250 g/mol. The van der Waals surface area contributed by atoms with Gasteiger partial charge in [-0.15, -0.1) is 0 Å². The normalized spacial score (nSPS) is 11.9. The summed E-state index contributed by atoms with van der Waals surface area (Å²) >= 11 is 0.